The highest BCUT2D eigenvalue weighted by molar-refractivity contribution is 14.2. The van der Waals surface area contributed by atoms with Gasteiger partial charge in [0.25, 0.3) is 0 Å². The van der Waals surface area contributed by atoms with Gasteiger partial charge in [0.1, 0.15) is 17.0 Å². The summed E-state index contributed by atoms with van der Waals surface area (Å²) in [6.45, 7) is 6.26. The predicted octanol–water partition coefficient (Wildman–Crippen LogP) is 3.37. The number of fused-ring (bicyclic) bond motifs is 1. The first-order chi connectivity index (χ1) is 12.6. The van der Waals surface area contributed by atoms with E-state index in [1.54, 1.807) is 0 Å². The second-order valence-corrected chi connectivity index (χ2v) is 9.10. The van der Waals surface area contributed by atoms with Crippen LogP contribution < -0.4 is 4.90 Å². The number of hydrogen-bond acceptors (Lipinski definition) is 7. The van der Waals surface area contributed by atoms with Gasteiger partial charge in [0.15, 0.2) is 0 Å². The molecule has 7 nitrogen and oxygen atoms in total. The van der Waals surface area contributed by atoms with Crippen LogP contribution in [0.15, 0.2) is 12.1 Å². The number of pyridine rings is 1. The van der Waals surface area contributed by atoms with Crippen LogP contribution in [0.25, 0.3) is 21.6 Å². The van der Waals surface area contributed by atoms with Gasteiger partial charge in [-0.05, 0) is 59.6 Å². The summed E-state index contributed by atoms with van der Waals surface area (Å²) in [5, 5.41) is 14.4. The molecule has 1 N–H and O–H groups in total. The normalized spacial score (nSPS) is 18.5. The van der Waals surface area contributed by atoms with Gasteiger partial charge in [-0.2, -0.15) is 9.47 Å². The van der Waals surface area contributed by atoms with E-state index in [1.807, 2.05) is 23.5 Å². The van der Waals surface area contributed by atoms with E-state index in [1.165, 1.54) is 11.5 Å². The Morgan fingerprint density at radius 2 is 2.31 bits per heavy atom. The Bertz CT molecular complexity index is 946. The Hall–Kier alpha value is -0.870. The van der Waals surface area contributed by atoms with Gasteiger partial charge in [-0.1, -0.05) is 0 Å². The average Bonchev–Trinajstić information content (AvgIpc) is 3.23. The quantitative estimate of drug-likeness (QED) is 0.435. The average molecular weight is 503 g/mol. The van der Waals surface area contributed by atoms with Gasteiger partial charge in [-0.3, -0.25) is 0 Å². The number of morpholine rings is 1. The predicted molar refractivity (Wildman–Crippen MR) is 115 cm³/mol. The van der Waals surface area contributed by atoms with Gasteiger partial charge in [0, 0.05) is 12.1 Å². The molecule has 1 aliphatic heterocycles. The molecule has 1 unspecified atom stereocenters. The molecular weight excluding hydrogens is 484 g/mol. The minimum atomic E-state index is -0.0291. The van der Waals surface area contributed by atoms with Crippen LogP contribution in [0.5, 0.6) is 0 Å². The Labute approximate surface area is 170 Å². The molecule has 1 aliphatic rings. The highest BCUT2D eigenvalue weighted by Gasteiger charge is 2.24. The number of hydrogen-bond donors (Lipinski definition) is 1. The minimum Gasteiger partial charge on any atom is -0.392 e. The second-order valence-electron chi connectivity index (χ2n) is 6.29. The molecule has 26 heavy (non-hydrogen) atoms. The van der Waals surface area contributed by atoms with E-state index in [0.29, 0.717) is 19.6 Å². The highest BCUT2D eigenvalue weighted by atomic mass is 127. The van der Waals surface area contributed by atoms with Crippen molar-refractivity contribution in [3.8, 4) is 11.4 Å². The fourth-order valence-corrected chi connectivity index (χ4v) is 5.59. The molecular formula is C16H19IN5O2PS. The zero-order valence-electron chi connectivity index (χ0n) is 14.4. The monoisotopic (exact) mass is 503 g/mol. The summed E-state index contributed by atoms with van der Waals surface area (Å²) >= 11 is 3.71. The maximum Gasteiger partial charge on any atom is 0.130 e. The summed E-state index contributed by atoms with van der Waals surface area (Å²) in [4.78, 5) is 7.19. The third kappa shape index (κ3) is 3.24. The number of halogens is 1. The van der Waals surface area contributed by atoms with Crippen molar-refractivity contribution in [2.24, 2.45) is 0 Å². The minimum absolute atomic E-state index is 0.0291. The number of ether oxygens (including phenoxy) is 1. The van der Waals surface area contributed by atoms with Crippen molar-refractivity contribution < 1.29 is 9.84 Å². The van der Waals surface area contributed by atoms with Crippen molar-refractivity contribution in [3.63, 3.8) is 0 Å². The lowest BCUT2D eigenvalue weighted by atomic mass is 10.1. The van der Waals surface area contributed by atoms with Gasteiger partial charge < -0.3 is 14.7 Å². The number of nitrogens with zero attached hydrogens (tertiary/aromatic N) is 5. The van der Waals surface area contributed by atoms with Crippen LogP contribution in [-0.2, 0) is 11.3 Å². The van der Waals surface area contributed by atoms with E-state index in [0.717, 1.165) is 45.2 Å². The second kappa shape index (κ2) is 7.63. The van der Waals surface area contributed by atoms with Gasteiger partial charge in [0.2, 0.25) is 0 Å². The summed E-state index contributed by atoms with van der Waals surface area (Å²) in [6, 6.07) is 4.28. The Kier molecular flexibility index (Phi) is 5.43. The Balaban J connectivity index is 1.89. The smallest absolute Gasteiger partial charge is 0.130 e. The molecule has 0 spiro atoms. The lowest BCUT2D eigenvalue weighted by Gasteiger charge is -2.34. The number of rotatable bonds is 4. The maximum atomic E-state index is 9.90. The highest BCUT2D eigenvalue weighted by Crippen LogP contribution is 2.38. The van der Waals surface area contributed by atoms with E-state index in [4.69, 9.17) is 9.72 Å². The van der Waals surface area contributed by atoms with Crippen LogP contribution in [0.3, 0.4) is 0 Å². The Morgan fingerprint density at radius 3 is 3.04 bits per heavy atom. The third-order valence-corrected chi connectivity index (χ3v) is 7.26. The van der Waals surface area contributed by atoms with Gasteiger partial charge in [-0.25, -0.2) is 9.44 Å². The first kappa shape index (κ1) is 18.5. The Morgan fingerprint density at radius 1 is 1.46 bits per heavy atom. The number of anilines is 1. The third-order valence-electron chi connectivity index (χ3n) is 4.48. The molecule has 0 saturated carbocycles. The summed E-state index contributed by atoms with van der Waals surface area (Å²) < 4.78 is 13.1. The molecule has 0 aromatic carbocycles. The topological polar surface area (TPSA) is 76.3 Å². The van der Waals surface area contributed by atoms with Crippen LogP contribution >= 0.6 is 39.9 Å². The summed E-state index contributed by atoms with van der Waals surface area (Å²) in [6.07, 6.45) is 0.490. The zero-order valence-corrected chi connectivity index (χ0v) is 18.4. The molecule has 1 saturated heterocycles. The molecule has 0 radical (unpaired) electrons. The van der Waals surface area contributed by atoms with Crippen LogP contribution in [0, 0.1) is 6.92 Å². The van der Waals surface area contributed by atoms with Crippen molar-refractivity contribution >= 4 is 56.0 Å². The lowest BCUT2D eigenvalue weighted by molar-refractivity contribution is 0.0985. The number of aromatic nitrogens is 4. The molecule has 0 amide bonds. The van der Waals surface area contributed by atoms with E-state index in [-0.39, 0.29) is 12.6 Å². The summed E-state index contributed by atoms with van der Waals surface area (Å²) in [5.41, 5.74) is 4.49. The van der Waals surface area contributed by atoms with Crippen LogP contribution in [0.1, 0.15) is 18.2 Å². The lowest BCUT2D eigenvalue weighted by Crippen LogP contribution is -2.44. The van der Waals surface area contributed by atoms with Gasteiger partial charge in [0.05, 0.1) is 48.3 Å². The fourth-order valence-electron chi connectivity index (χ4n) is 3.20. The first-order valence-corrected chi connectivity index (χ1v) is 13.1. The van der Waals surface area contributed by atoms with Gasteiger partial charge in [-0.15, -0.1) is 0 Å². The van der Waals surface area contributed by atoms with E-state index >= 15 is 0 Å². The molecule has 4 heterocycles. The molecule has 3 aromatic heterocycles. The van der Waals surface area contributed by atoms with E-state index in [2.05, 4.69) is 43.3 Å². The molecule has 1 fully saturated rings. The standard InChI is InChI=1S/C16H19IN5O2PS/c1-9-5-12(22(19-9)25-17)14-15-16(26-20-14)11(7-23)6-13(18-15)21-3-4-24-8-10(21)2/h5-6,10,23,25H,3-4,7-8H2,1-2H3/t10-/m1/s1. The largest absolute Gasteiger partial charge is 0.392 e. The van der Waals surface area contributed by atoms with Crippen LogP contribution in [0.2, 0.25) is 0 Å². The van der Waals surface area contributed by atoms with Crippen molar-refractivity contribution in [1.29, 1.82) is 0 Å². The maximum absolute atomic E-state index is 9.90. The number of aliphatic hydroxyl groups is 1. The van der Waals surface area contributed by atoms with Gasteiger partial charge >= 0.3 is 0 Å². The van der Waals surface area contributed by atoms with Crippen LogP contribution in [0.4, 0.5) is 5.82 Å². The van der Waals surface area contributed by atoms with Crippen molar-refractivity contribution in [1.82, 2.24) is 18.9 Å². The first-order valence-electron chi connectivity index (χ1n) is 8.30. The molecule has 4 rings (SSSR count). The zero-order chi connectivity index (χ0) is 18.3. The van der Waals surface area contributed by atoms with E-state index < -0.39 is 0 Å². The summed E-state index contributed by atoms with van der Waals surface area (Å²) in [7, 11) is 0. The molecule has 0 aliphatic carbocycles. The van der Waals surface area contributed by atoms with E-state index in [9.17, 15) is 5.11 Å². The molecule has 10 heteroatoms. The number of aryl methyl sites for hydroxylation is 1. The molecule has 138 valence electrons. The molecule has 2 atom stereocenters. The fraction of sp³-hybridized carbons (Fsp3) is 0.438. The van der Waals surface area contributed by atoms with Crippen LogP contribution in [-0.4, -0.2) is 49.8 Å². The van der Waals surface area contributed by atoms with Crippen molar-refractivity contribution in [3.05, 3.63) is 23.4 Å². The molecule has 3 aromatic rings. The van der Waals surface area contributed by atoms with Crippen molar-refractivity contribution in [2.75, 3.05) is 24.7 Å². The summed E-state index contributed by atoms with van der Waals surface area (Å²) in [5.74, 6) is 0.874. The molecule has 0 bridgehead atoms. The van der Waals surface area contributed by atoms with Crippen molar-refractivity contribution in [2.45, 2.75) is 26.5 Å². The number of aliphatic hydroxyl groups excluding tert-OH is 1. The SMILES string of the molecule is Cc1cc(-c2nsc3c(CO)cc(N4CCOC[C@H]4C)nc23)n(PI)n1.